The number of aryl methyl sites for hydroxylation is 1. The first-order valence-electron chi connectivity index (χ1n) is 10.2. The van der Waals surface area contributed by atoms with Gasteiger partial charge in [-0.3, -0.25) is 14.6 Å². The number of amides is 3. The Labute approximate surface area is 165 Å². The van der Waals surface area contributed by atoms with Crippen molar-refractivity contribution < 1.29 is 9.59 Å². The third kappa shape index (κ3) is 3.10. The number of hydrogen-bond donors (Lipinski definition) is 0. The SMILES string of the molecule is O=C1CN(c2ccccc2)C(=O)N1CN(C1CC1)C1CCCc2ccccc21. The fourth-order valence-electron chi connectivity index (χ4n) is 4.60. The second kappa shape index (κ2) is 7.06. The van der Waals surface area contributed by atoms with Crippen LogP contribution in [0.25, 0.3) is 0 Å². The van der Waals surface area contributed by atoms with Crippen LogP contribution in [-0.2, 0) is 11.2 Å². The van der Waals surface area contributed by atoms with Crippen molar-refractivity contribution in [1.82, 2.24) is 9.80 Å². The highest BCUT2D eigenvalue weighted by molar-refractivity contribution is 6.12. The Morgan fingerprint density at radius 2 is 1.68 bits per heavy atom. The topological polar surface area (TPSA) is 43.9 Å². The molecule has 0 spiro atoms. The van der Waals surface area contributed by atoms with Gasteiger partial charge < -0.3 is 0 Å². The van der Waals surface area contributed by atoms with Gasteiger partial charge in [-0.2, -0.15) is 0 Å². The van der Waals surface area contributed by atoms with Gasteiger partial charge in [0.15, 0.2) is 0 Å². The van der Waals surface area contributed by atoms with Gasteiger partial charge in [0.25, 0.3) is 5.91 Å². The van der Waals surface area contributed by atoms with Gasteiger partial charge in [0, 0.05) is 17.8 Å². The Bertz CT molecular complexity index is 894. The van der Waals surface area contributed by atoms with Crippen LogP contribution in [0.5, 0.6) is 0 Å². The molecule has 2 fully saturated rings. The van der Waals surface area contributed by atoms with Gasteiger partial charge >= 0.3 is 6.03 Å². The van der Waals surface area contributed by atoms with Crippen molar-refractivity contribution in [3.8, 4) is 0 Å². The lowest BCUT2D eigenvalue weighted by Gasteiger charge is -2.37. The van der Waals surface area contributed by atoms with Crippen LogP contribution in [0.2, 0.25) is 0 Å². The molecule has 0 radical (unpaired) electrons. The molecular weight excluding hydrogens is 350 g/mol. The number of benzene rings is 2. The third-order valence-electron chi connectivity index (χ3n) is 6.18. The van der Waals surface area contributed by atoms with E-state index in [1.165, 1.54) is 16.0 Å². The van der Waals surface area contributed by atoms with E-state index in [0.29, 0.717) is 18.8 Å². The summed E-state index contributed by atoms with van der Waals surface area (Å²) in [6.07, 6.45) is 5.66. The monoisotopic (exact) mass is 375 g/mol. The van der Waals surface area contributed by atoms with Crippen LogP contribution in [0.15, 0.2) is 54.6 Å². The molecule has 1 saturated heterocycles. The summed E-state index contributed by atoms with van der Waals surface area (Å²) in [4.78, 5) is 31.2. The van der Waals surface area contributed by atoms with Crippen molar-refractivity contribution in [2.75, 3.05) is 18.1 Å². The zero-order valence-corrected chi connectivity index (χ0v) is 16.0. The predicted octanol–water partition coefficient (Wildman–Crippen LogP) is 3.95. The van der Waals surface area contributed by atoms with Crippen molar-refractivity contribution in [2.45, 2.75) is 44.2 Å². The summed E-state index contributed by atoms with van der Waals surface area (Å²) < 4.78 is 0. The molecule has 2 aliphatic carbocycles. The second-order valence-electron chi connectivity index (χ2n) is 8.02. The lowest BCUT2D eigenvalue weighted by molar-refractivity contribution is -0.126. The summed E-state index contributed by atoms with van der Waals surface area (Å²) in [5.41, 5.74) is 3.57. The molecule has 5 nitrogen and oxygen atoms in total. The fourth-order valence-corrected chi connectivity index (χ4v) is 4.60. The van der Waals surface area contributed by atoms with Gasteiger partial charge in [-0.15, -0.1) is 0 Å². The summed E-state index contributed by atoms with van der Waals surface area (Å²) in [6, 6.07) is 18.7. The first kappa shape index (κ1) is 17.4. The number of nitrogens with zero attached hydrogens (tertiary/aromatic N) is 3. The number of hydrogen-bond acceptors (Lipinski definition) is 3. The van der Waals surface area contributed by atoms with Crippen LogP contribution in [0, 0.1) is 0 Å². The first-order valence-corrected chi connectivity index (χ1v) is 10.2. The average Bonchev–Trinajstić information content (AvgIpc) is 3.54. The molecule has 2 aromatic rings. The number of carbonyl (C=O) groups is 2. The van der Waals surface area contributed by atoms with Gasteiger partial charge in [-0.1, -0.05) is 42.5 Å². The van der Waals surface area contributed by atoms with Crippen LogP contribution in [0.4, 0.5) is 10.5 Å². The van der Waals surface area contributed by atoms with Crippen molar-refractivity contribution in [1.29, 1.82) is 0 Å². The number of carbonyl (C=O) groups excluding carboxylic acids is 2. The molecule has 28 heavy (non-hydrogen) atoms. The highest BCUT2D eigenvalue weighted by atomic mass is 16.2. The largest absolute Gasteiger partial charge is 0.332 e. The Kier molecular flexibility index (Phi) is 4.40. The van der Waals surface area contributed by atoms with Crippen molar-refractivity contribution in [3.63, 3.8) is 0 Å². The Morgan fingerprint density at radius 1 is 0.929 bits per heavy atom. The summed E-state index contributed by atoms with van der Waals surface area (Å²) in [5, 5.41) is 0. The standard InChI is InChI=1S/C23H25N3O2/c27-22-15-24(18-9-2-1-3-10-18)23(28)26(22)16-25(19-13-14-19)21-12-6-8-17-7-4-5-11-20(17)21/h1-5,7,9-11,19,21H,6,8,12-16H2. The van der Waals surface area contributed by atoms with Crippen LogP contribution < -0.4 is 4.90 Å². The van der Waals surface area contributed by atoms with Crippen molar-refractivity contribution in [3.05, 3.63) is 65.7 Å². The summed E-state index contributed by atoms with van der Waals surface area (Å²) >= 11 is 0. The van der Waals surface area contributed by atoms with E-state index in [9.17, 15) is 9.59 Å². The highest BCUT2D eigenvalue weighted by Crippen LogP contribution is 2.41. The molecule has 3 aliphatic rings. The zero-order chi connectivity index (χ0) is 19.1. The van der Waals surface area contributed by atoms with E-state index in [2.05, 4.69) is 29.2 Å². The molecule has 5 rings (SSSR count). The number of imide groups is 1. The fraction of sp³-hybridized carbons (Fsp3) is 0.391. The minimum absolute atomic E-state index is 0.108. The summed E-state index contributed by atoms with van der Waals surface area (Å²) in [7, 11) is 0. The van der Waals surface area contributed by atoms with Gasteiger partial charge in [0.05, 0.1) is 6.67 Å². The van der Waals surface area contributed by atoms with E-state index < -0.39 is 0 Å². The molecule has 5 heteroatoms. The second-order valence-corrected chi connectivity index (χ2v) is 8.02. The van der Waals surface area contributed by atoms with E-state index in [0.717, 1.165) is 37.8 Å². The molecule has 2 aromatic carbocycles. The molecule has 1 unspecified atom stereocenters. The van der Waals surface area contributed by atoms with Crippen LogP contribution in [0.1, 0.15) is 42.9 Å². The molecule has 1 heterocycles. The Morgan fingerprint density at radius 3 is 2.46 bits per heavy atom. The Balaban J connectivity index is 1.40. The number of urea groups is 1. The summed E-state index contributed by atoms with van der Waals surface area (Å²) in [5.74, 6) is -0.108. The molecule has 3 amide bonds. The molecule has 1 atom stereocenters. The van der Waals surface area contributed by atoms with E-state index in [-0.39, 0.29) is 18.5 Å². The predicted molar refractivity (Wildman–Crippen MR) is 108 cm³/mol. The molecular formula is C23H25N3O2. The third-order valence-corrected chi connectivity index (χ3v) is 6.18. The minimum Gasteiger partial charge on any atom is -0.285 e. The molecule has 1 aliphatic heterocycles. The minimum atomic E-state index is -0.203. The lowest BCUT2D eigenvalue weighted by Crippen LogP contribution is -2.45. The highest BCUT2D eigenvalue weighted by Gasteiger charge is 2.43. The number of anilines is 1. The van der Waals surface area contributed by atoms with Gasteiger partial charge in [0.2, 0.25) is 0 Å². The quantitative estimate of drug-likeness (QED) is 0.743. The van der Waals surface area contributed by atoms with E-state index >= 15 is 0 Å². The van der Waals surface area contributed by atoms with Crippen LogP contribution >= 0.6 is 0 Å². The first-order chi connectivity index (χ1) is 13.7. The smallest absolute Gasteiger partial charge is 0.285 e. The molecule has 0 bridgehead atoms. The molecule has 144 valence electrons. The van der Waals surface area contributed by atoms with Gasteiger partial charge in [-0.25, -0.2) is 9.69 Å². The van der Waals surface area contributed by atoms with E-state index in [1.807, 2.05) is 30.3 Å². The number of para-hydroxylation sites is 1. The normalized spacial score (nSPS) is 22.1. The van der Waals surface area contributed by atoms with Crippen molar-refractivity contribution in [2.24, 2.45) is 0 Å². The van der Waals surface area contributed by atoms with Gasteiger partial charge in [0.1, 0.15) is 6.54 Å². The Hall–Kier alpha value is -2.66. The number of fused-ring (bicyclic) bond motifs is 1. The van der Waals surface area contributed by atoms with Crippen LogP contribution in [-0.4, -0.2) is 41.0 Å². The number of rotatable bonds is 5. The van der Waals surface area contributed by atoms with E-state index in [1.54, 1.807) is 4.90 Å². The molecule has 0 N–H and O–H groups in total. The van der Waals surface area contributed by atoms with Gasteiger partial charge in [-0.05, 0) is 55.4 Å². The molecule has 0 aromatic heterocycles. The zero-order valence-electron chi connectivity index (χ0n) is 16.0. The maximum absolute atomic E-state index is 13.0. The van der Waals surface area contributed by atoms with Crippen molar-refractivity contribution >= 4 is 17.6 Å². The molecule has 1 saturated carbocycles. The maximum Gasteiger partial charge on any atom is 0.332 e. The van der Waals surface area contributed by atoms with Crippen LogP contribution in [0.3, 0.4) is 0 Å². The lowest BCUT2D eigenvalue weighted by atomic mass is 9.87. The summed E-state index contributed by atoms with van der Waals surface area (Å²) in [6.45, 7) is 0.521. The van der Waals surface area contributed by atoms with E-state index in [4.69, 9.17) is 0 Å². The maximum atomic E-state index is 13.0. The average molecular weight is 375 g/mol.